The smallest absolute Gasteiger partial charge is 0.177 e. The van der Waals surface area contributed by atoms with Crippen LogP contribution in [0.25, 0.3) is 0 Å². The first kappa shape index (κ1) is 14.4. The summed E-state index contributed by atoms with van der Waals surface area (Å²) in [6.45, 7) is 5.61. The van der Waals surface area contributed by atoms with Crippen LogP contribution in [0.3, 0.4) is 0 Å². The molecule has 17 heavy (non-hydrogen) atoms. The molecule has 5 heteroatoms. The van der Waals surface area contributed by atoms with Gasteiger partial charge in [0.2, 0.25) is 0 Å². The van der Waals surface area contributed by atoms with Gasteiger partial charge < -0.3 is 0 Å². The molecule has 1 aromatic rings. The molecule has 0 spiro atoms. The van der Waals surface area contributed by atoms with Gasteiger partial charge >= 0.3 is 0 Å². The van der Waals surface area contributed by atoms with E-state index in [9.17, 15) is 9.00 Å². The van der Waals surface area contributed by atoms with Gasteiger partial charge in [-0.3, -0.25) is 4.79 Å². The van der Waals surface area contributed by atoms with Gasteiger partial charge in [-0.05, 0) is 45.0 Å². The predicted molar refractivity (Wildman–Crippen MR) is 71.7 cm³/mol. The maximum atomic E-state index is 11.7. The van der Waals surface area contributed by atoms with E-state index in [0.29, 0.717) is 10.6 Å². The Hall–Kier alpha value is -0.710. The Morgan fingerprint density at radius 1 is 1.29 bits per heavy atom. The summed E-state index contributed by atoms with van der Waals surface area (Å²) in [7, 11) is -1.23. The van der Waals surface area contributed by atoms with Crippen LogP contribution in [0, 0.1) is 0 Å². The highest BCUT2D eigenvalue weighted by molar-refractivity contribution is 7.84. The lowest BCUT2D eigenvalue weighted by molar-refractivity contribution is 0.0997. The molecule has 0 saturated carbocycles. The van der Waals surface area contributed by atoms with Crippen LogP contribution in [-0.2, 0) is 11.0 Å². The van der Waals surface area contributed by atoms with Crippen molar-refractivity contribution in [2.75, 3.05) is 6.54 Å². The van der Waals surface area contributed by atoms with Crippen LogP contribution in [0.4, 0.5) is 0 Å². The molecule has 0 saturated heterocycles. The van der Waals surface area contributed by atoms with Crippen molar-refractivity contribution in [1.82, 2.24) is 4.72 Å². The van der Waals surface area contributed by atoms with Crippen molar-refractivity contribution in [2.24, 2.45) is 0 Å². The van der Waals surface area contributed by atoms with Crippen molar-refractivity contribution in [2.45, 2.75) is 25.5 Å². The molecule has 0 fully saturated rings. The third-order valence-corrected chi connectivity index (χ3v) is 3.86. The highest BCUT2D eigenvalue weighted by Crippen LogP contribution is 2.11. The monoisotopic (exact) mass is 273 g/mol. The average Bonchev–Trinajstić information content (AvgIpc) is 2.25. The van der Waals surface area contributed by atoms with Gasteiger partial charge in [0.05, 0.1) is 22.3 Å². The molecule has 3 nitrogen and oxygen atoms in total. The van der Waals surface area contributed by atoms with E-state index in [1.165, 1.54) is 0 Å². The van der Waals surface area contributed by atoms with Gasteiger partial charge in [-0.2, -0.15) is 0 Å². The first-order valence-corrected chi connectivity index (χ1v) is 6.77. The molecule has 0 amide bonds. The van der Waals surface area contributed by atoms with Gasteiger partial charge in [0, 0.05) is 10.6 Å². The highest BCUT2D eigenvalue weighted by Gasteiger charge is 2.20. The minimum atomic E-state index is -1.23. The second-order valence-electron chi connectivity index (χ2n) is 4.63. The molecule has 1 unspecified atom stereocenters. The highest BCUT2D eigenvalue weighted by atomic mass is 35.5. The summed E-state index contributed by atoms with van der Waals surface area (Å²) in [5, 5.41) is 0.591. The van der Waals surface area contributed by atoms with E-state index in [1.807, 2.05) is 20.8 Å². The molecule has 0 radical (unpaired) electrons. The molecule has 0 aliphatic carbocycles. The number of Topliss-reactive ketones (excluding diaryl/α,β-unsaturated/α-hetero) is 1. The fraction of sp³-hybridized carbons (Fsp3) is 0.417. The molecule has 94 valence electrons. The SMILES string of the molecule is CC(C)(C)S(=O)NCC(=O)c1ccc(Cl)cc1. The van der Waals surface area contributed by atoms with Crippen molar-refractivity contribution < 1.29 is 9.00 Å². The number of halogens is 1. The fourth-order valence-electron chi connectivity index (χ4n) is 1.09. The number of rotatable bonds is 4. The normalized spacial score (nSPS) is 13.4. The van der Waals surface area contributed by atoms with E-state index in [-0.39, 0.29) is 17.1 Å². The lowest BCUT2D eigenvalue weighted by Gasteiger charge is -2.17. The molecular weight excluding hydrogens is 258 g/mol. The summed E-state index contributed by atoms with van der Waals surface area (Å²) in [6.07, 6.45) is 0. The van der Waals surface area contributed by atoms with E-state index in [2.05, 4.69) is 4.72 Å². The van der Waals surface area contributed by atoms with Gasteiger partial charge in [-0.25, -0.2) is 8.93 Å². The first-order valence-electron chi connectivity index (χ1n) is 5.25. The summed E-state index contributed by atoms with van der Waals surface area (Å²) in [5.41, 5.74) is 0.563. The Kier molecular flexibility index (Phi) is 4.86. The predicted octanol–water partition coefficient (Wildman–Crippen LogP) is 2.57. The van der Waals surface area contributed by atoms with Gasteiger partial charge in [-0.15, -0.1) is 0 Å². The van der Waals surface area contributed by atoms with Crippen molar-refractivity contribution in [3.05, 3.63) is 34.9 Å². The molecule has 0 aliphatic heterocycles. The van der Waals surface area contributed by atoms with Crippen molar-refractivity contribution in [3.8, 4) is 0 Å². The third-order valence-electron chi connectivity index (χ3n) is 2.09. The number of nitrogens with one attached hydrogen (secondary N) is 1. The standard InChI is InChI=1S/C12H16ClNO2S/c1-12(2,3)17(16)14-8-11(15)9-4-6-10(13)7-5-9/h4-7,14H,8H2,1-3H3. The summed E-state index contributed by atoms with van der Waals surface area (Å²) in [6, 6.07) is 6.64. The Labute approximate surface area is 109 Å². The minimum Gasteiger partial charge on any atom is -0.293 e. The zero-order chi connectivity index (χ0) is 13.1. The van der Waals surface area contributed by atoms with Crippen LogP contribution in [0.1, 0.15) is 31.1 Å². The first-order chi connectivity index (χ1) is 7.80. The van der Waals surface area contributed by atoms with E-state index < -0.39 is 11.0 Å². The summed E-state index contributed by atoms with van der Waals surface area (Å²) in [4.78, 5) is 11.7. The molecule has 1 N–H and O–H groups in total. The molecule has 1 aromatic carbocycles. The second-order valence-corrected chi connectivity index (χ2v) is 7.12. The number of carbonyl (C=O) groups excluding carboxylic acids is 1. The van der Waals surface area contributed by atoms with Gasteiger partial charge in [0.1, 0.15) is 0 Å². The zero-order valence-corrected chi connectivity index (χ0v) is 11.7. The van der Waals surface area contributed by atoms with Gasteiger partial charge in [0.15, 0.2) is 5.78 Å². The molecule has 0 aliphatic rings. The maximum Gasteiger partial charge on any atom is 0.177 e. The number of ketones is 1. The van der Waals surface area contributed by atoms with Gasteiger partial charge in [0.25, 0.3) is 0 Å². The minimum absolute atomic E-state index is 0.0610. The molecule has 0 heterocycles. The second kappa shape index (κ2) is 5.76. The quantitative estimate of drug-likeness (QED) is 0.857. The Balaban J connectivity index is 2.56. The number of hydrogen-bond acceptors (Lipinski definition) is 2. The molecule has 0 bridgehead atoms. The number of benzene rings is 1. The molecular formula is C12H16ClNO2S. The topological polar surface area (TPSA) is 46.2 Å². The zero-order valence-electron chi connectivity index (χ0n) is 10.1. The van der Waals surface area contributed by atoms with Crippen LogP contribution in [-0.4, -0.2) is 21.3 Å². The van der Waals surface area contributed by atoms with E-state index in [4.69, 9.17) is 11.6 Å². The number of carbonyl (C=O) groups is 1. The van der Waals surface area contributed by atoms with Crippen LogP contribution < -0.4 is 4.72 Å². The molecule has 1 atom stereocenters. The van der Waals surface area contributed by atoms with Gasteiger partial charge in [-0.1, -0.05) is 11.6 Å². The van der Waals surface area contributed by atoms with Crippen molar-refractivity contribution in [3.63, 3.8) is 0 Å². The summed E-state index contributed by atoms with van der Waals surface area (Å²) < 4.78 is 14.0. The molecule has 1 rings (SSSR count). The van der Waals surface area contributed by atoms with Crippen LogP contribution in [0.5, 0.6) is 0 Å². The van der Waals surface area contributed by atoms with E-state index >= 15 is 0 Å². The largest absolute Gasteiger partial charge is 0.293 e. The molecule has 0 aromatic heterocycles. The van der Waals surface area contributed by atoms with E-state index in [0.717, 1.165) is 0 Å². The summed E-state index contributed by atoms with van der Waals surface area (Å²) in [5.74, 6) is -0.0979. The van der Waals surface area contributed by atoms with Crippen LogP contribution in [0.15, 0.2) is 24.3 Å². The van der Waals surface area contributed by atoms with Crippen LogP contribution >= 0.6 is 11.6 Å². The number of hydrogen-bond donors (Lipinski definition) is 1. The summed E-state index contributed by atoms with van der Waals surface area (Å²) >= 11 is 5.73. The lowest BCUT2D eigenvalue weighted by Crippen LogP contribution is -2.36. The third kappa shape index (κ3) is 4.58. The van der Waals surface area contributed by atoms with Crippen molar-refractivity contribution in [1.29, 1.82) is 0 Å². The van der Waals surface area contributed by atoms with Crippen LogP contribution in [0.2, 0.25) is 5.02 Å². The fourth-order valence-corrected chi connectivity index (χ4v) is 1.91. The van der Waals surface area contributed by atoms with Crippen molar-refractivity contribution >= 4 is 28.4 Å². The Morgan fingerprint density at radius 2 is 1.82 bits per heavy atom. The maximum absolute atomic E-state index is 11.7. The van der Waals surface area contributed by atoms with E-state index in [1.54, 1.807) is 24.3 Å². The Morgan fingerprint density at radius 3 is 2.29 bits per heavy atom. The Bertz CT molecular complexity index is 423. The lowest BCUT2D eigenvalue weighted by atomic mass is 10.1. The average molecular weight is 274 g/mol.